The lowest BCUT2D eigenvalue weighted by Crippen LogP contribution is -2.48. The number of ether oxygens (including phenoxy) is 2. The van der Waals surface area contributed by atoms with E-state index in [2.05, 4.69) is 19.2 Å². The molecule has 336 valence electrons. The predicted octanol–water partition coefficient (Wildman–Crippen LogP) is 9.20. The molecular weight excluding hydrogens is 732 g/mol. The van der Waals surface area contributed by atoms with Gasteiger partial charge in [-0.15, -0.1) is 0 Å². The molecule has 0 aromatic heterocycles. The van der Waals surface area contributed by atoms with Crippen LogP contribution in [0.5, 0.6) is 0 Å². The lowest BCUT2D eigenvalue weighted by Gasteiger charge is -2.15. The molecule has 13 heteroatoms. The van der Waals surface area contributed by atoms with E-state index in [4.69, 9.17) is 24.8 Å². The summed E-state index contributed by atoms with van der Waals surface area (Å²) in [5.74, 6) is -5.48. The number of aliphatic carboxylic acids is 2. The molecule has 0 aromatic carbocycles. The molecule has 5 N–H and O–H groups in total. The van der Waals surface area contributed by atoms with E-state index >= 15 is 0 Å². The molecule has 0 aliphatic heterocycles. The van der Waals surface area contributed by atoms with Crippen LogP contribution in [-0.4, -0.2) is 82.9 Å². The molecule has 0 heterocycles. The van der Waals surface area contributed by atoms with Gasteiger partial charge in [0, 0.05) is 19.4 Å². The standard InChI is InChI=1S/C23H43NO5.C19H35NO5.C2H6O/c1-4-7-8-9-10-11-12-13-14-15-16-17-18-19-20(25)24-21(22(26)28-5-2)23(27)29-6-3;1-2-3-4-5-6-7-8-9-10-11-12-13-14-15-16(21)20-17(18(22)23)19(24)25;1-2-3/h21H,4-19H2,1-3H3,(H,24,25);17H,2-15H2,1H3,(H,20,21)(H,22,23)(H,24,25);3H,2H2,1H3. The molecule has 0 spiro atoms. The Bertz CT molecular complexity index is 961. The Hall–Kier alpha value is -3.22. The number of carboxylic acid groups (broad SMARTS) is 2. The predicted molar refractivity (Wildman–Crippen MR) is 226 cm³/mol. The highest BCUT2D eigenvalue weighted by Gasteiger charge is 2.31. The topological polar surface area (TPSA) is 206 Å². The third-order valence-corrected chi connectivity index (χ3v) is 9.16. The SMILES string of the molecule is CCCCCCCCCCCCCCCC(=O)NC(C(=O)O)C(=O)O.CCCCCCCCCCCCCCCC(=O)NC(C(=O)OCC)C(=O)OCC.CCO. The van der Waals surface area contributed by atoms with Crippen LogP contribution in [-0.2, 0) is 38.2 Å². The highest BCUT2D eigenvalue weighted by atomic mass is 16.6. The van der Waals surface area contributed by atoms with Crippen LogP contribution in [0.3, 0.4) is 0 Å². The second-order valence-electron chi connectivity index (χ2n) is 14.5. The summed E-state index contributed by atoms with van der Waals surface area (Å²) in [6.45, 7) is 9.99. The molecule has 57 heavy (non-hydrogen) atoms. The molecule has 0 rings (SSSR count). The molecule has 0 aromatic rings. The van der Waals surface area contributed by atoms with E-state index in [0.29, 0.717) is 12.8 Å². The zero-order valence-electron chi connectivity index (χ0n) is 36.7. The molecule has 0 saturated heterocycles. The second-order valence-corrected chi connectivity index (χ2v) is 14.5. The largest absolute Gasteiger partial charge is 0.479 e. The highest BCUT2D eigenvalue weighted by molar-refractivity contribution is 6.02. The number of aliphatic hydroxyl groups excluding tert-OH is 1. The second kappa shape index (κ2) is 45.5. The van der Waals surface area contributed by atoms with Crippen LogP contribution in [0, 0.1) is 0 Å². The highest BCUT2D eigenvalue weighted by Crippen LogP contribution is 2.14. The minimum absolute atomic E-state index is 0.142. The number of hydrogen-bond donors (Lipinski definition) is 5. The van der Waals surface area contributed by atoms with Gasteiger partial charge in [0.25, 0.3) is 0 Å². The molecule has 0 radical (unpaired) electrons. The smallest absolute Gasteiger partial charge is 0.340 e. The number of esters is 2. The minimum atomic E-state index is -1.85. The van der Waals surface area contributed by atoms with E-state index in [1.165, 1.54) is 122 Å². The first kappa shape index (κ1) is 58.1. The van der Waals surface area contributed by atoms with Crippen molar-refractivity contribution in [3.05, 3.63) is 0 Å². The fourth-order valence-electron chi connectivity index (χ4n) is 5.97. The Labute approximate surface area is 345 Å². The van der Waals surface area contributed by atoms with E-state index in [0.717, 1.165) is 38.5 Å². The lowest BCUT2D eigenvalue weighted by atomic mass is 10.0. The normalized spacial score (nSPS) is 10.5. The Morgan fingerprint density at radius 3 is 0.860 bits per heavy atom. The van der Waals surface area contributed by atoms with Crippen molar-refractivity contribution in [1.82, 2.24) is 10.6 Å². The van der Waals surface area contributed by atoms with E-state index < -0.39 is 41.9 Å². The van der Waals surface area contributed by atoms with E-state index in [1.54, 1.807) is 20.8 Å². The third-order valence-electron chi connectivity index (χ3n) is 9.16. The molecule has 13 nitrogen and oxygen atoms in total. The molecular formula is C44H84N2O11. The Balaban J connectivity index is -0.000000965. The zero-order chi connectivity index (χ0) is 43.4. The molecule has 0 atom stereocenters. The average molecular weight is 817 g/mol. The van der Waals surface area contributed by atoms with Gasteiger partial charge in [-0.25, -0.2) is 19.2 Å². The van der Waals surface area contributed by atoms with Crippen molar-refractivity contribution in [2.45, 2.75) is 226 Å². The molecule has 0 aliphatic rings. The molecule has 0 fully saturated rings. The van der Waals surface area contributed by atoms with Gasteiger partial charge in [0.1, 0.15) is 0 Å². The van der Waals surface area contributed by atoms with Crippen LogP contribution in [0.25, 0.3) is 0 Å². The average Bonchev–Trinajstić information content (AvgIpc) is 3.17. The summed E-state index contributed by atoms with van der Waals surface area (Å²) < 4.78 is 9.68. The van der Waals surface area contributed by atoms with Crippen LogP contribution in [0.1, 0.15) is 214 Å². The van der Waals surface area contributed by atoms with Gasteiger partial charge in [-0.1, -0.05) is 168 Å². The number of hydrogen-bond acceptors (Lipinski definition) is 9. The molecule has 2 amide bonds. The maximum atomic E-state index is 12.0. The first-order chi connectivity index (χ1) is 27.5. The van der Waals surface area contributed by atoms with Crippen LogP contribution >= 0.6 is 0 Å². The maximum Gasteiger partial charge on any atom is 0.340 e. The molecule has 0 unspecified atom stereocenters. The van der Waals surface area contributed by atoms with Crippen LogP contribution < -0.4 is 10.6 Å². The first-order valence-corrected chi connectivity index (χ1v) is 22.4. The summed E-state index contributed by atoms with van der Waals surface area (Å²) in [5, 5.41) is 29.4. The van der Waals surface area contributed by atoms with Crippen LogP contribution in [0.2, 0.25) is 0 Å². The Morgan fingerprint density at radius 1 is 0.404 bits per heavy atom. The van der Waals surface area contributed by atoms with Crippen molar-refractivity contribution < 1.29 is 53.6 Å². The number of nitrogens with one attached hydrogen (secondary N) is 2. The first-order valence-electron chi connectivity index (χ1n) is 22.4. The quantitative estimate of drug-likeness (QED) is 0.0229. The van der Waals surface area contributed by atoms with Gasteiger partial charge in [-0.3, -0.25) is 9.59 Å². The van der Waals surface area contributed by atoms with E-state index in [9.17, 15) is 28.8 Å². The van der Waals surface area contributed by atoms with Crippen molar-refractivity contribution >= 4 is 35.7 Å². The van der Waals surface area contributed by atoms with Gasteiger partial charge < -0.3 is 35.4 Å². The van der Waals surface area contributed by atoms with Gasteiger partial charge in [-0.05, 0) is 33.6 Å². The summed E-state index contributed by atoms with van der Waals surface area (Å²) in [6.07, 6.45) is 32.2. The number of carbonyl (C=O) groups is 6. The third kappa shape index (κ3) is 42.2. The Kier molecular flexibility index (Phi) is 46.4. The van der Waals surface area contributed by atoms with Crippen molar-refractivity contribution in [2.75, 3.05) is 19.8 Å². The number of carboxylic acids is 2. The number of carbonyl (C=O) groups excluding carboxylic acids is 4. The van der Waals surface area contributed by atoms with Gasteiger partial charge in [-0.2, -0.15) is 0 Å². The monoisotopic (exact) mass is 817 g/mol. The summed E-state index contributed by atoms with van der Waals surface area (Å²) in [4.78, 5) is 68.6. The van der Waals surface area contributed by atoms with Crippen molar-refractivity contribution in [1.29, 1.82) is 0 Å². The fourth-order valence-corrected chi connectivity index (χ4v) is 5.97. The van der Waals surface area contributed by atoms with Crippen LogP contribution in [0.4, 0.5) is 0 Å². The number of unbranched alkanes of at least 4 members (excludes halogenated alkanes) is 24. The molecule has 0 saturated carbocycles. The number of rotatable bonds is 36. The lowest BCUT2D eigenvalue weighted by molar-refractivity contribution is -0.159. The number of aliphatic hydroxyl groups is 1. The summed E-state index contributed by atoms with van der Waals surface area (Å²) in [6, 6.07) is -3.22. The van der Waals surface area contributed by atoms with Gasteiger partial charge in [0.05, 0.1) is 13.2 Å². The summed E-state index contributed by atoms with van der Waals surface area (Å²) in [7, 11) is 0. The molecule has 0 bridgehead atoms. The van der Waals surface area contributed by atoms with Crippen molar-refractivity contribution in [3.63, 3.8) is 0 Å². The van der Waals surface area contributed by atoms with Gasteiger partial charge in [0.15, 0.2) is 0 Å². The fraction of sp³-hybridized carbons (Fsp3) is 0.864. The summed E-state index contributed by atoms with van der Waals surface area (Å²) in [5.41, 5.74) is 0. The van der Waals surface area contributed by atoms with E-state index in [1.807, 2.05) is 5.32 Å². The van der Waals surface area contributed by atoms with Crippen molar-refractivity contribution in [2.24, 2.45) is 0 Å². The minimum Gasteiger partial charge on any atom is -0.479 e. The molecule has 0 aliphatic carbocycles. The Morgan fingerprint density at radius 2 is 0.632 bits per heavy atom. The van der Waals surface area contributed by atoms with E-state index in [-0.39, 0.29) is 32.1 Å². The van der Waals surface area contributed by atoms with Crippen molar-refractivity contribution in [3.8, 4) is 0 Å². The summed E-state index contributed by atoms with van der Waals surface area (Å²) >= 11 is 0. The van der Waals surface area contributed by atoms with Gasteiger partial charge >= 0.3 is 23.9 Å². The van der Waals surface area contributed by atoms with Gasteiger partial charge in [0.2, 0.25) is 23.9 Å². The maximum absolute atomic E-state index is 12.0. The zero-order valence-corrected chi connectivity index (χ0v) is 36.7. The van der Waals surface area contributed by atoms with Crippen LogP contribution in [0.15, 0.2) is 0 Å². The number of amides is 2.